The van der Waals surface area contributed by atoms with Gasteiger partial charge in [0.15, 0.2) is 24.8 Å². The van der Waals surface area contributed by atoms with Gasteiger partial charge in [0.05, 0.1) is 12.8 Å². The normalized spacial score (nSPS) is 11.2. The van der Waals surface area contributed by atoms with Gasteiger partial charge >= 0.3 is 11.9 Å². The Hall–Kier alpha value is -4.32. The van der Waals surface area contributed by atoms with Crippen molar-refractivity contribution < 1.29 is 28.2 Å². The summed E-state index contributed by atoms with van der Waals surface area (Å²) < 4.78 is 15.6. The van der Waals surface area contributed by atoms with E-state index in [2.05, 4.69) is 73.2 Å². The van der Waals surface area contributed by atoms with Crippen molar-refractivity contribution in [1.29, 1.82) is 0 Å². The summed E-state index contributed by atoms with van der Waals surface area (Å²) in [5, 5.41) is 0. The summed E-state index contributed by atoms with van der Waals surface area (Å²) in [5.74, 6) is 1.53. The summed E-state index contributed by atoms with van der Waals surface area (Å²) in [6, 6.07) is 20.4. The molecule has 0 spiro atoms. The van der Waals surface area contributed by atoms with Gasteiger partial charge in [-0.25, -0.2) is 9.13 Å². The van der Waals surface area contributed by atoms with E-state index in [1.807, 2.05) is 62.9 Å². The van der Waals surface area contributed by atoms with Crippen molar-refractivity contribution in [2.45, 2.75) is 92.2 Å². The number of ether oxygens (including phenoxy) is 2. The van der Waals surface area contributed by atoms with E-state index in [-0.39, 0.29) is 11.9 Å². The first-order valence-corrected chi connectivity index (χ1v) is 15.7. The van der Waals surface area contributed by atoms with Gasteiger partial charge in [0.2, 0.25) is 0 Å². The molecule has 6 nitrogen and oxygen atoms in total. The molecule has 0 aliphatic carbocycles. The van der Waals surface area contributed by atoms with Crippen LogP contribution in [-0.2, 0) is 22.7 Å². The average Bonchev–Trinajstić information content (AvgIpc) is 2.98. The molecule has 4 rings (SSSR count). The number of hydrogen-bond donors (Lipinski definition) is 0. The minimum absolute atomic E-state index is 0.198. The summed E-state index contributed by atoms with van der Waals surface area (Å²) >= 11 is 0. The number of rotatable bonds is 13. The molecule has 230 valence electrons. The highest BCUT2D eigenvalue weighted by atomic mass is 16.5. The second-order valence-electron chi connectivity index (χ2n) is 12.2. The molecule has 2 aromatic heterocycles. The number of hydrogen-bond acceptors (Lipinski definition) is 4. The molecule has 0 unspecified atom stereocenters. The van der Waals surface area contributed by atoms with Crippen LogP contribution in [0, 0.1) is 13.8 Å². The Balaban J connectivity index is 1.21. The van der Waals surface area contributed by atoms with E-state index in [0.29, 0.717) is 49.0 Å². The molecular weight excluding hydrogens is 548 g/mol. The van der Waals surface area contributed by atoms with E-state index >= 15 is 0 Å². The first-order chi connectivity index (χ1) is 21.1. The molecule has 0 atom stereocenters. The van der Waals surface area contributed by atoms with Crippen LogP contribution in [0.25, 0.3) is 11.1 Å². The molecular formula is C38H46N2O4+2. The highest BCUT2D eigenvalue weighted by molar-refractivity contribution is 5.73. The number of aromatic nitrogens is 2. The lowest BCUT2D eigenvalue weighted by atomic mass is 10.0. The van der Waals surface area contributed by atoms with Crippen LogP contribution in [0.5, 0.6) is 11.5 Å². The second-order valence-corrected chi connectivity index (χ2v) is 12.2. The van der Waals surface area contributed by atoms with Gasteiger partial charge in [0.25, 0.3) is 0 Å². The van der Waals surface area contributed by atoms with Gasteiger partial charge < -0.3 is 9.47 Å². The van der Waals surface area contributed by atoms with Crippen LogP contribution in [0.1, 0.15) is 87.5 Å². The van der Waals surface area contributed by atoms with Crippen molar-refractivity contribution in [2.24, 2.45) is 0 Å². The highest BCUT2D eigenvalue weighted by Gasteiger charge is 2.15. The van der Waals surface area contributed by atoms with Gasteiger partial charge in [-0.3, -0.25) is 9.59 Å². The number of benzene rings is 2. The smallest absolute Gasteiger partial charge is 0.311 e. The molecule has 0 bridgehead atoms. The van der Waals surface area contributed by atoms with Gasteiger partial charge in [-0.15, -0.1) is 0 Å². The number of pyridine rings is 2. The first kappa shape index (κ1) is 32.6. The standard InChI is InChI=1S/C38H46N2O4/c1-27(2)33-13-11-29(5)25-35(33)43-37(41)9-7-19-39-21-15-31(16-22-39)32-17-23-40(24-18-32)20-8-10-38(42)44-36-26-30(6)12-14-34(36)28(3)4/h11-18,21-28H,7-10,19-20H2,1-6H3/q+2. The lowest BCUT2D eigenvalue weighted by molar-refractivity contribution is -0.697. The summed E-state index contributed by atoms with van der Waals surface area (Å²) in [7, 11) is 0. The predicted molar refractivity (Wildman–Crippen MR) is 173 cm³/mol. The fraction of sp³-hybridized carbons (Fsp3) is 0.368. The zero-order valence-electron chi connectivity index (χ0n) is 27.0. The Bertz CT molecular complexity index is 1440. The molecule has 0 radical (unpaired) electrons. The number of aryl methyl sites for hydroxylation is 4. The van der Waals surface area contributed by atoms with E-state index in [9.17, 15) is 9.59 Å². The maximum Gasteiger partial charge on any atom is 0.311 e. The van der Waals surface area contributed by atoms with Gasteiger partial charge in [-0.2, -0.15) is 0 Å². The van der Waals surface area contributed by atoms with Crippen molar-refractivity contribution in [3.63, 3.8) is 0 Å². The van der Waals surface area contributed by atoms with Gasteiger partial charge in [0.1, 0.15) is 24.6 Å². The van der Waals surface area contributed by atoms with Crippen molar-refractivity contribution in [2.75, 3.05) is 0 Å². The van der Waals surface area contributed by atoms with Gasteiger partial charge in [-0.05, 0) is 71.2 Å². The second kappa shape index (κ2) is 15.4. The Kier molecular flexibility index (Phi) is 11.4. The predicted octanol–water partition coefficient (Wildman–Crippen LogP) is 7.56. The Labute approximate surface area is 262 Å². The third kappa shape index (κ3) is 9.34. The number of carbonyl (C=O) groups is 2. The molecule has 0 aliphatic rings. The van der Waals surface area contributed by atoms with Gasteiger partial charge in [-0.1, -0.05) is 52.0 Å². The van der Waals surface area contributed by atoms with Crippen molar-refractivity contribution in [3.05, 3.63) is 108 Å². The number of carbonyl (C=O) groups excluding carboxylic acids is 2. The van der Waals surface area contributed by atoms with Crippen LogP contribution in [0.4, 0.5) is 0 Å². The zero-order chi connectivity index (χ0) is 31.6. The fourth-order valence-electron chi connectivity index (χ4n) is 5.17. The van der Waals surface area contributed by atoms with Crippen molar-refractivity contribution in [1.82, 2.24) is 0 Å². The number of nitrogens with zero attached hydrogens (tertiary/aromatic N) is 2. The maximum atomic E-state index is 12.5. The summed E-state index contributed by atoms with van der Waals surface area (Å²) in [6.45, 7) is 13.9. The topological polar surface area (TPSA) is 60.4 Å². The SMILES string of the molecule is Cc1ccc(C(C)C)c(OC(=O)CCC[n+]2ccc(-c3cc[n+](CCCC(=O)Oc4cc(C)ccc4C(C)C)cc3)cc2)c1. The van der Waals surface area contributed by atoms with Gasteiger partial charge in [0, 0.05) is 37.1 Å². The number of esters is 2. The monoisotopic (exact) mass is 594 g/mol. The largest absolute Gasteiger partial charge is 0.426 e. The summed E-state index contributed by atoms with van der Waals surface area (Å²) in [4.78, 5) is 25.0. The molecule has 6 heteroatoms. The third-order valence-corrected chi connectivity index (χ3v) is 7.74. The Morgan fingerprint density at radius 2 is 0.955 bits per heavy atom. The first-order valence-electron chi connectivity index (χ1n) is 15.7. The Morgan fingerprint density at radius 1 is 0.591 bits per heavy atom. The van der Waals surface area contributed by atoms with E-state index < -0.39 is 0 Å². The van der Waals surface area contributed by atoms with E-state index in [1.165, 1.54) is 0 Å². The van der Waals surface area contributed by atoms with Crippen LogP contribution in [0.2, 0.25) is 0 Å². The maximum absolute atomic E-state index is 12.5. The molecule has 44 heavy (non-hydrogen) atoms. The average molecular weight is 595 g/mol. The van der Waals surface area contributed by atoms with Crippen LogP contribution < -0.4 is 18.6 Å². The molecule has 0 aliphatic heterocycles. The van der Waals surface area contributed by atoms with Crippen LogP contribution in [0.3, 0.4) is 0 Å². The summed E-state index contributed by atoms with van der Waals surface area (Å²) in [6.07, 6.45) is 10.3. The van der Waals surface area contributed by atoms with Crippen LogP contribution in [0.15, 0.2) is 85.5 Å². The molecule has 0 N–H and O–H groups in total. The van der Waals surface area contributed by atoms with E-state index in [0.717, 1.165) is 46.5 Å². The van der Waals surface area contributed by atoms with Crippen LogP contribution in [-0.4, -0.2) is 11.9 Å². The van der Waals surface area contributed by atoms with Crippen molar-refractivity contribution >= 4 is 11.9 Å². The zero-order valence-corrected chi connectivity index (χ0v) is 27.0. The fourth-order valence-corrected chi connectivity index (χ4v) is 5.17. The molecule has 0 fully saturated rings. The molecule has 0 saturated heterocycles. The molecule has 0 saturated carbocycles. The minimum atomic E-state index is -0.198. The summed E-state index contributed by atoms with van der Waals surface area (Å²) in [5.41, 5.74) is 6.51. The third-order valence-electron chi connectivity index (χ3n) is 7.74. The Morgan fingerprint density at radius 3 is 1.30 bits per heavy atom. The highest BCUT2D eigenvalue weighted by Crippen LogP contribution is 2.29. The lowest BCUT2D eigenvalue weighted by Gasteiger charge is -2.13. The van der Waals surface area contributed by atoms with Crippen LogP contribution >= 0.6 is 0 Å². The van der Waals surface area contributed by atoms with Crippen molar-refractivity contribution in [3.8, 4) is 22.6 Å². The quantitative estimate of drug-likeness (QED) is 0.0910. The van der Waals surface area contributed by atoms with E-state index in [1.54, 1.807) is 0 Å². The molecule has 0 amide bonds. The molecule has 4 aromatic rings. The van der Waals surface area contributed by atoms with E-state index in [4.69, 9.17) is 9.47 Å². The minimum Gasteiger partial charge on any atom is -0.426 e. The molecule has 2 aromatic carbocycles. The molecule has 2 heterocycles. The lowest BCUT2D eigenvalue weighted by Crippen LogP contribution is -2.33.